The number of aromatic nitrogens is 1. The lowest BCUT2D eigenvalue weighted by atomic mass is 9.97. The number of aliphatic hydroxyl groups is 1. The van der Waals surface area contributed by atoms with Gasteiger partial charge in [0.05, 0.1) is 0 Å². The fourth-order valence-electron chi connectivity index (χ4n) is 1.85. The summed E-state index contributed by atoms with van der Waals surface area (Å²) in [6.45, 7) is 3.65. The second-order valence-corrected chi connectivity index (χ2v) is 4.04. The Labute approximate surface area is 92.6 Å². The number of hydrogen-bond donors (Lipinski definition) is 1. The highest BCUT2D eigenvalue weighted by molar-refractivity contribution is 4.83. The standard InChI is InChI=1S/C13H22NO/c1-2-13(7-6-12-15)8-11-14-9-4-3-5-10-14/h3-5,9-10,13,15H,2,6-8,11-12H2,1H3/q+1. The molecule has 0 fully saturated rings. The minimum absolute atomic E-state index is 0.328. The lowest BCUT2D eigenvalue weighted by Crippen LogP contribution is -2.33. The Balaban J connectivity index is 2.28. The Hall–Kier alpha value is -0.890. The number of pyridine rings is 1. The third-order valence-electron chi connectivity index (χ3n) is 2.92. The van der Waals surface area contributed by atoms with Gasteiger partial charge in [-0.15, -0.1) is 0 Å². The Bertz CT molecular complexity index is 248. The first-order valence-corrected chi connectivity index (χ1v) is 5.91. The van der Waals surface area contributed by atoms with Crippen molar-refractivity contribution in [2.75, 3.05) is 6.61 Å². The van der Waals surface area contributed by atoms with Crippen molar-refractivity contribution in [1.82, 2.24) is 0 Å². The third-order valence-corrected chi connectivity index (χ3v) is 2.92. The summed E-state index contributed by atoms with van der Waals surface area (Å²) in [4.78, 5) is 0. The van der Waals surface area contributed by atoms with Crippen LogP contribution in [-0.4, -0.2) is 11.7 Å². The van der Waals surface area contributed by atoms with Gasteiger partial charge in [0.2, 0.25) is 0 Å². The average Bonchev–Trinajstić information content (AvgIpc) is 2.31. The Kier molecular flexibility index (Phi) is 6.02. The van der Waals surface area contributed by atoms with Crippen molar-refractivity contribution < 1.29 is 9.67 Å². The molecule has 1 N–H and O–H groups in total. The maximum absolute atomic E-state index is 8.79. The van der Waals surface area contributed by atoms with Crippen molar-refractivity contribution in [2.24, 2.45) is 5.92 Å². The van der Waals surface area contributed by atoms with Crippen LogP contribution in [0.1, 0.15) is 32.6 Å². The molecule has 0 aliphatic carbocycles. The zero-order valence-electron chi connectivity index (χ0n) is 9.60. The van der Waals surface area contributed by atoms with Gasteiger partial charge in [0.15, 0.2) is 12.4 Å². The number of aliphatic hydroxyl groups excluding tert-OH is 1. The van der Waals surface area contributed by atoms with E-state index in [0.717, 1.165) is 25.3 Å². The Morgan fingerprint density at radius 3 is 2.47 bits per heavy atom. The van der Waals surface area contributed by atoms with Crippen LogP contribution in [0.15, 0.2) is 30.6 Å². The largest absolute Gasteiger partial charge is 0.396 e. The van der Waals surface area contributed by atoms with Crippen LogP contribution in [0.3, 0.4) is 0 Å². The minimum atomic E-state index is 0.328. The maximum Gasteiger partial charge on any atom is 0.168 e. The summed E-state index contributed by atoms with van der Waals surface area (Å²) in [7, 11) is 0. The van der Waals surface area contributed by atoms with Gasteiger partial charge in [-0.3, -0.25) is 0 Å². The molecule has 15 heavy (non-hydrogen) atoms. The van der Waals surface area contributed by atoms with Crippen molar-refractivity contribution in [3.8, 4) is 0 Å². The van der Waals surface area contributed by atoms with E-state index in [1.165, 1.54) is 12.8 Å². The van der Waals surface area contributed by atoms with E-state index in [4.69, 9.17) is 5.11 Å². The van der Waals surface area contributed by atoms with Gasteiger partial charge in [-0.05, 0) is 18.8 Å². The van der Waals surface area contributed by atoms with E-state index in [9.17, 15) is 0 Å². The minimum Gasteiger partial charge on any atom is -0.396 e. The SMILES string of the molecule is CCC(CCCO)CC[n+]1ccccc1. The number of hydrogen-bond acceptors (Lipinski definition) is 1. The quantitative estimate of drug-likeness (QED) is 0.682. The number of rotatable bonds is 7. The molecule has 0 radical (unpaired) electrons. The van der Waals surface area contributed by atoms with Gasteiger partial charge in [-0.1, -0.05) is 19.4 Å². The summed E-state index contributed by atoms with van der Waals surface area (Å²) < 4.78 is 2.22. The summed E-state index contributed by atoms with van der Waals surface area (Å²) in [6.07, 6.45) is 8.74. The molecule has 1 aromatic heterocycles. The van der Waals surface area contributed by atoms with E-state index in [1.807, 2.05) is 6.07 Å². The van der Waals surface area contributed by atoms with Crippen molar-refractivity contribution in [1.29, 1.82) is 0 Å². The lowest BCUT2D eigenvalue weighted by molar-refractivity contribution is -0.698. The molecule has 1 atom stereocenters. The van der Waals surface area contributed by atoms with Gasteiger partial charge < -0.3 is 5.11 Å². The van der Waals surface area contributed by atoms with Gasteiger partial charge in [-0.25, -0.2) is 4.57 Å². The van der Waals surface area contributed by atoms with Crippen LogP contribution in [-0.2, 0) is 6.54 Å². The molecule has 0 bridgehead atoms. The number of aryl methyl sites for hydroxylation is 1. The fourth-order valence-corrected chi connectivity index (χ4v) is 1.85. The number of nitrogens with zero attached hydrogens (tertiary/aromatic N) is 1. The molecule has 0 aromatic carbocycles. The first-order valence-electron chi connectivity index (χ1n) is 5.91. The Morgan fingerprint density at radius 2 is 1.87 bits per heavy atom. The molecular formula is C13H22NO+. The second kappa shape index (κ2) is 7.41. The lowest BCUT2D eigenvalue weighted by Gasteiger charge is -2.11. The highest BCUT2D eigenvalue weighted by atomic mass is 16.2. The average molecular weight is 208 g/mol. The van der Waals surface area contributed by atoms with Gasteiger partial charge in [0.25, 0.3) is 0 Å². The molecule has 1 rings (SSSR count). The molecule has 0 aliphatic heterocycles. The van der Waals surface area contributed by atoms with Crippen molar-refractivity contribution in [3.05, 3.63) is 30.6 Å². The molecule has 0 saturated heterocycles. The monoisotopic (exact) mass is 208 g/mol. The normalized spacial score (nSPS) is 12.7. The van der Waals surface area contributed by atoms with Gasteiger partial charge in [0, 0.05) is 25.2 Å². The van der Waals surface area contributed by atoms with Crippen molar-refractivity contribution in [2.45, 2.75) is 39.2 Å². The Morgan fingerprint density at radius 1 is 1.13 bits per heavy atom. The van der Waals surface area contributed by atoms with Gasteiger partial charge in [-0.2, -0.15) is 0 Å². The first-order chi connectivity index (χ1) is 7.36. The summed E-state index contributed by atoms with van der Waals surface area (Å²) >= 11 is 0. The molecule has 2 heteroatoms. The van der Waals surface area contributed by atoms with E-state index in [1.54, 1.807) is 0 Å². The predicted molar refractivity (Wildman–Crippen MR) is 61.4 cm³/mol. The van der Waals surface area contributed by atoms with Gasteiger partial charge >= 0.3 is 0 Å². The summed E-state index contributed by atoms with van der Waals surface area (Å²) in [5.41, 5.74) is 0. The molecule has 2 nitrogen and oxygen atoms in total. The van der Waals surface area contributed by atoms with E-state index < -0.39 is 0 Å². The molecule has 0 aliphatic rings. The van der Waals surface area contributed by atoms with E-state index in [0.29, 0.717) is 6.61 Å². The van der Waals surface area contributed by atoms with Crippen LogP contribution in [0.4, 0.5) is 0 Å². The van der Waals surface area contributed by atoms with Crippen LogP contribution in [0, 0.1) is 5.92 Å². The predicted octanol–water partition coefficient (Wildman–Crippen LogP) is 2.16. The van der Waals surface area contributed by atoms with Crippen LogP contribution >= 0.6 is 0 Å². The maximum atomic E-state index is 8.79. The molecule has 1 unspecified atom stereocenters. The van der Waals surface area contributed by atoms with Gasteiger partial charge in [0.1, 0.15) is 6.54 Å². The molecule has 0 saturated carbocycles. The zero-order chi connectivity index (χ0) is 10.9. The van der Waals surface area contributed by atoms with E-state index in [-0.39, 0.29) is 0 Å². The van der Waals surface area contributed by atoms with E-state index in [2.05, 4.69) is 36.0 Å². The van der Waals surface area contributed by atoms with Crippen molar-refractivity contribution in [3.63, 3.8) is 0 Å². The van der Waals surface area contributed by atoms with E-state index >= 15 is 0 Å². The topological polar surface area (TPSA) is 24.1 Å². The third kappa shape index (κ3) is 4.93. The second-order valence-electron chi connectivity index (χ2n) is 4.04. The van der Waals surface area contributed by atoms with Crippen LogP contribution in [0.25, 0.3) is 0 Å². The summed E-state index contributed by atoms with van der Waals surface area (Å²) in [6, 6.07) is 6.17. The van der Waals surface area contributed by atoms with Crippen LogP contribution in [0.2, 0.25) is 0 Å². The first kappa shape index (κ1) is 12.2. The molecule has 84 valence electrons. The fraction of sp³-hybridized carbons (Fsp3) is 0.615. The summed E-state index contributed by atoms with van der Waals surface area (Å²) in [5.74, 6) is 0.754. The molecule has 1 heterocycles. The smallest absolute Gasteiger partial charge is 0.168 e. The van der Waals surface area contributed by atoms with Crippen LogP contribution in [0.5, 0.6) is 0 Å². The molecule has 0 amide bonds. The van der Waals surface area contributed by atoms with Crippen molar-refractivity contribution >= 4 is 0 Å². The molecule has 0 spiro atoms. The molecular weight excluding hydrogens is 186 g/mol. The summed E-state index contributed by atoms with van der Waals surface area (Å²) in [5, 5.41) is 8.79. The highest BCUT2D eigenvalue weighted by Crippen LogP contribution is 2.14. The highest BCUT2D eigenvalue weighted by Gasteiger charge is 2.08. The molecule has 1 aromatic rings. The zero-order valence-corrected chi connectivity index (χ0v) is 9.60. The van der Waals surface area contributed by atoms with Crippen LogP contribution < -0.4 is 4.57 Å².